The number of benzene rings is 1. The number of aryl methyl sites for hydroxylation is 1. The smallest absolute Gasteiger partial charge is 0.193 e. The van der Waals surface area contributed by atoms with Gasteiger partial charge in [-0.1, -0.05) is 26.0 Å². The number of thioether (sulfide) groups is 1. The van der Waals surface area contributed by atoms with E-state index in [1.165, 1.54) is 23.4 Å². The van der Waals surface area contributed by atoms with Crippen LogP contribution in [0.1, 0.15) is 31.0 Å². The van der Waals surface area contributed by atoms with Crippen LogP contribution in [0.2, 0.25) is 0 Å². The quantitative estimate of drug-likeness (QED) is 0.347. The lowest BCUT2D eigenvalue weighted by Crippen LogP contribution is -2.39. The van der Waals surface area contributed by atoms with Crippen LogP contribution in [0.15, 0.2) is 40.4 Å². The maximum absolute atomic E-state index is 13.6. The second-order valence-corrected chi connectivity index (χ2v) is 7.61. The number of hydrogen-bond acceptors (Lipinski definition) is 3. The van der Waals surface area contributed by atoms with Crippen molar-refractivity contribution in [2.75, 3.05) is 26.4 Å². The van der Waals surface area contributed by atoms with Crippen molar-refractivity contribution < 1.29 is 4.39 Å². The van der Waals surface area contributed by atoms with Crippen molar-refractivity contribution in [3.8, 4) is 0 Å². The molecule has 0 fully saturated rings. The molecule has 7 heteroatoms. The first-order valence-electron chi connectivity index (χ1n) is 8.74. The highest BCUT2D eigenvalue weighted by Gasteiger charge is 2.15. The third-order valence-corrected chi connectivity index (χ3v) is 4.99. The van der Waals surface area contributed by atoms with Crippen molar-refractivity contribution in [2.24, 2.45) is 12.0 Å². The van der Waals surface area contributed by atoms with E-state index in [2.05, 4.69) is 40.4 Å². The van der Waals surface area contributed by atoms with Gasteiger partial charge in [0.2, 0.25) is 0 Å². The summed E-state index contributed by atoms with van der Waals surface area (Å²) in [6.07, 6.45) is 2.06. The molecule has 1 aromatic heterocycles. The van der Waals surface area contributed by atoms with Gasteiger partial charge in [0.25, 0.3) is 0 Å². The van der Waals surface area contributed by atoms with Crippen molar-refractivity contribution in [2.45, 2.75) is 31.2 Å². The number of nitrogens with zero attached hydrogens (tertiary/aromatic N) is 4. The topological polar surface area (TPSA) is 45.5 Å². The number of hydrogen-bond donors (Lipinski definition) is 1. The van der Waals surface area contributed by atoms with Crippen molar-refractivity contribution >= 4 is 17.7 Å². The maximum Gasteiger partial charge on any atom is 0.193 e. The summed E-state index contributed by atoms with van der Waals surface area (Å²) in [5.41, 5.74) is 2.32. The predicted molar refractivity (Wildman–Crippen MR) is 107 cm³/mol. The predicted octanol–water partition coefficient (Wildman–Crippen LogP) is 3.48. The molecule has 0 radical (unpaired) electrons. The number of aromatic nitrogens is 2. The molecular weight excluding hydrogens is 349 g/mol. The van der Waals surface area contributed by atoms with Crippen LogP contribution in [-0.4, -0.2) is 47.0 Å². The van der Waals surface area contributed by atoms with Crippen LogP contribution in [0, 0.1) is 5.82 Å². The Morgan fingerprint density at radius 3 is 2.77 bits per heavy atom. The Hall–Kier alpha value is -2.02. The normalized spacial score (nSPS) is 11.9. The summed E-state index contributed by atoms with van der Waals surface area (Å²) in [6.45, 7) is 5.75. The molecule has 0 aliphatic carbocycles. The zero-order chi connectivity index (χ0) is 19.1. The van der Waals surface area contributed by atoms with Crippen LogP contribution in [0.3, 0.4) is 0 Å². The molecule has 5 nitrogen and oxygen atoms in total. The van der Waals surface area contributed by atoms with Gasteiger partial charge in [-0.25, -0.2) is 4.39 Å². The molecule has 0 unspecified atom stereocenters. The Balaban J connectivity index is 1.87. The van der Waals surface area contributed by atoms with Gasteiger partial charge in [-0.15, -0.1) is 11.8 Å². The molecule has 0 saturated heterocycles. The number of rotatable bonds is 7. The largest absolute Gasteiger partial charge is 0.355 e. The highest BCUT2D eigenvalue weighted by Crippen LogP contribution is 2.20. The fraction of sp³-hybridized carbons (Fsp3) is 0.474. The van der Waals surface area contributed by atoms with E-state index < -0.39 is 0 Å². The van der Waals surface area contributed by atoms with Crippen LogP contribution in [0.5, 0.6) is 0 Å². The second-order valence-electron chi connectivity index (χ2n) is 6.48. The van der Waals surface area contributed by atoms with Crippen molar-refractivity contribution in [1.29, 1.82) is 0 Å². The molecule has 0 atom stereocenters. The Bertz CT molecular complexity index is 741. The first-order chi connectivity index (χ1) is 12.4. The molecule has 142 valence electrons. The SMILES string of the molecule is CN=C(NCCSc1ccccc1F)N(C)Cc1cn(C)nc1C(C)C. The van der Waals surface area contributed by atoms with Crippen LogP contribution in [-0.2, 0) is 13.6 Å². The molecule has 2 rings (SSSR count). The van der Waals surface area contributed by atoms with E-state index in [0.717, 1.165) is 24.0 Å². The highest BCUT2D eigenvalue weighted by atomic mass is 32.2. The van der Waals surface area contributed by atoms with E-state index in [0.29, 0.717) is 17.4 Å². The van der Waals surface area contributed by atoms with Gasteiger partial charge in [-0.3, -0.25) is 9.67 Å². The maximum atomic E-state index is 13.6. The molecule has 0 bridgehead atoms. The third kappa shape index (κ3) is 5.49. The van der Waals surface area contributed by atoms with Crippen molar-refractivity contribution in [1.82, 2.24) is 20.0 Å². The lowest BCUT2D eigenvalue weighted by molar-refractivity contribution is 0.475. The van der Waals surface area contributed by atoms with Crippen molar-refractivity contribution in [3.63, 3.8) is 0 Å². The average molecular weight is 378 g/mol. The number of nitrogens with one attached hydrogen (secondary N) is 1. The second kappa shape index (κ2) is 9.62. The minimum absolute atomic E-state index is 0.170. The van der Waals surface area contributed by atoms with E-state index in [1.807, 2.05) is 24.8 Å². The highest BCUT2D eigenvalue weighted by molar-refractivity contribution is 7.99. The molecule has 1 heterocycles. The zero-order valence-electron chi connectivity index (χ0n) is 16.2. The van der Waals surface area contributed by atoms with Gasteiger partial charge in [-0.05, 0) is 18.1 Å². The Kier molecular flexibility index (Phi) is 7.50. The van der Waals surface area contributed by atoms with Crippen LogP contribution in [0.25, 0.3) is 0 Å². The molecular formula is C19H28FN5S. The number of aliphatic imine (C=N–C) groups is 1. The lowest BCUT2D eigenvalue weighted by Gasteiger charge is -2.22. The molecule has 2 aromatic rings. The molecule has 0 aliphatic rings. The van der Waals surface area contributed by atoms with E-state index in [9.17, 15) is 4.39 Å². The van der Waals surface area contributed by atoms with Gasteiger partial charge in [-0.2, -0.15) is 5.10 Å². The minimum Gasteiger partial charge on any atom is -0.355 e. The minimum atomic E-state index is -0.170. The summed E-state index contributed by atoms with van der Waals surface area (Å²) < 4.78 is 15.5. The molecule has 0 spiro atoms. The van der Waals surface area contributed by atoms with E-state index >= 15 is 0 Å². The molecule has 1 aromatic carbocycles. The Morgan fingerprint density at radius 2 is 2.12 bits per heavy atom. The van der Waals surface area contributed by atoms with Crippen molar-refractivity contribution in [3.05, 3.63) is 47.5 Å². The Morgan fingerprint density at radius 1 is 1.38 bits per heavy atom. The molecule has 0 amide bonds. The lowest BCUT2D eigenvalue weighted by atomic mass is 10.1. The number of halogens is 1. The average Bonchev–Trinajstić information content (AvgIpc) is 2.97. The Labute approximate surface area is 159 Å². The van der Waals surface area contributed by atoms with Crippen LogP contribution < -0.4 is 5.32 Å². The molecule has 1 N–H and O–H groups in total. The summed E-state index contributed by atoms with van der Waals surface area (Å²) in [5.74, 6) is 1.79. The monoisotopic (exact) mass is 377 g/mol. The molecule has 0 saturated carbocycles. The summed E-state index contributed by atoms with van der Waals surface area (Å²) >= 11 is 1.50. The van der Waals surface area contributed by atoms with Gasteiger partial charge in [0.15, 0.2) is 5.96 Å². The summed E-state index contributed by atoms with van der Waals surface area (Å²) in [7, 11) is 5.73. The molecule has 0 aliphatic heterocycles. The summed E-state index contributed by atoms with van der Waals surface area (Å²) in [4.78, 5) is 7.10. The van der Waals surface area contributed by atoms with Gasteiger partial charge in [0, 0.05) is 56.6 Å². The van der Waals surface area contributed by atoms with E-state index in [1.54, 1.807) is 19.2 Å². The van der Waals surface area contributed by atoms with Gasteiger partial charge >= 0.3 is 0 Å². The standard InChI is InChI=1S/C19H28FN5S/c1-14(2)18-15(13-25(5)23-18)12-24(4)19(21-3)22-10-11-26-17-9-7-6-8-16(17)20/h6-9,13-14H,10-12H2,1-5H3,(H,21,22). The van der Waals surface area contributed by atoms with Gasteiger partial charge in [0.05, 0.1) is 5.69 Å². The summed E-state index contributed by atoms with van der Waals surface area (Å²) in [5, 5.41) is 7.90. The third-order valence-electron chi connectivity index (χ3n) is 3.94. The zero-order valence-corrected chi connectivity index (χ0v) is 17.0. The van der Waals surface area contributed by atoms with Gasteiger partial charge < -0.3 is 10.2 Å². The molecule has 26 heavy (non-hydrogen) atoms. The summed E-state index contributed by atoms with van der Waals surface area (Å²) in [6, 6.07) is 6.85. The number of guanidine groups is 1. The fourth-order valence-electron chi connectivity index (χ4n) is 2.76. The van der Waals surface area contributed by atoms with Crippen LogP contribution >= 0.6 is 11.8 Å². The van der Waals surface area contributed by atoms with Gasteiger partial charge in [0.1, 0.15) is 5.82 Å². The first kappa shape index (κ1) is 20.3. The van der Waals surface area contributed by atoms with E-state index in [-0.39, 0.29) is 5.82 Å². The van der Waals surface area contributed by atoms with Crippen LogP contribution in [0.4, 0.5) is 4.39 Å². The fourth-order valence-corrected chi connectivity index (χ4v) is 3.57. The van der Waals surface area contributed by atoms with E-state index in [4.69, 9.17) is 0 Å². The first-order valence-corrected chi connectivity index (χ1v) is 9.72.